The van der Waals surface area contributed by atoms with Gasteiger partial charge in [-0.25, -0.2) is 4.79 Å². The number of hydrogen-bond donors (Lipinski definition) is 1. The second-order valence-electron chi connectivity index (χ2n) is 4.89. The third kappa shape index (κ3) is 3.95. The Morgan fingerprint density at radius 2 is 2.17 bits per heavy atom. The van der Waals surface area contributed by atoms with Gasteiger partial charge < -0.3 is 14.4 Å². The first kappa shape index (κ1) is 18.9. The summed E-state index contributed by atoms with van der Waals surface area (Å²) < 4.78 is 29.3. The van der Waals surface area contributed by atoms with Crippen LogP contribution in [0.1, 0.15) is 30.6 Å². The molecule has 7 nitrogen and oxygen atoms in total. The summed E-state index contributed by atoms with van der Waals surface area (Å²) in [6.07, 6.45) is 1.34. The molecule has 0 aromatic heterocycles. The van der Waals surface area contributed by atoms with Crippen molar-refractivity contribution in [1.82, 2.24) is 0 Å². The van der Waals surface area contributed by atoms with Crippen LogP contribution >= 0.6 is 23.5 Å². The SMILES string of the molecule is CCOP1(=O)OC(CC(=O)OC)c2cc(Br)cc(C=CC(=O)O)c21. The van der Waals surface area contributed by atoms with E-state index in [2.05, 4.69) is 20.7 Å². The number of carbonyl (C=O) groups is 2. The Kier molecular flexibility index (Phi) is 5.98. The molecule has 0 fully saturated rings. The van der Waals surface area contributed by atoms with Crippen LogP contribution in [0.3, 0.4) is 0 Å². The summed E-state index contributed by atoms with van der Waals surface area (Å²) in [7, 11) is -2.42. The number of rotatable bonds is 6. The van der Waals surface area contributed by atoms with Crippen LogP contribution in [-0.2, 0) is 27.9 Å². The number of esters is 1. The van der Waals surface area contributed by atoms with E-state index in [-0.39, 0.29) is 18.3 Å². The Hall–Kier alpha value is -1.47. The molecule has 0 bridgehead atoms. The molecule has 1 aliphatic rings. The second-order valence-corrected chi connectivity index (χ2v) is 7.72. The highest BCUT2D eigenvalue weighted by molar-refractivity contribution is 9.10. The minimum atomic E-state index is -3.67. The molecule has 0 aliphatic carbocycles. The molecule has 0 amide bonds. The molecule has 1 heterocycles. The maximum atomic E-state index is 13.1. The van der Waals surface area contributed by atoms with E-state index in [9.17, 15) is 14.2 Å². The first-order valence-corrected chi connectivity index (χ1v) is 9.39. The molecule has 9 heteroatoms. The molecule has 130 valence electrons. The first-order chi connectivity index (χ1) is 11.3. The Morgan fingerprint density at radius 3 is 2.75 bits per heavy atom. The minimum absolute atomic E-state index is 0.126. The van der Waals surface area contributed by atoms with Crippen LogP contribution in [0.15, 0.2) is 22.7 Å². The molecular formula is C15H16BrO7P. The summed E-state index contributed by atoms with van der Waals surface area (Å²) >= 11 is 3.33. The van der Waals surface area contributed by atoms with E-state index in [1.165, 1.54) is 13.2 Å². The topological polar surface area (TPSA) is 99.1 Å². The third-order valence-corrected chi connectivity index (χ3v) is 5.96. The summed E-state index contributed by atoms with van der Waals surface area (Å²) in [5.41, 5.74) is 0.905. The number of carbonyl (C=O) groups excluding carboxylic acids is 1. The molecule has 2 rings (SSSR count). The van der Waals surface area contributed by atoms with Crippen molar-refractivity contribution in [2.24, 2.45) is 0 Å². The lowest BCUT2D eigenvalue weighted by Gasteiger charge is -2.14. The lowest BCUT2D eigenvalue weighted by molar-refractivity contribution is -0.142. The number of carboxylic acids is 1. The predicted octanol–water partition coefficient (Wildman–Crippen LogP) is 3.04. The van der Waals surface area contributed by atoms with Crippen molar-refractivity contribution in [3.05, 3.63) is 33.8 Å². The van der Waals surface area contributed by atoms with Crippen molar-refractivity contribution in [2.75, 3.05) is 13.7 Å². The quantitative estimate of drug-likeness (QED) is 0.430. The number of halogens is 1. The van der Waals surface area contributed by atoms with Crippen molar-refractivity contribution >= 4 is 46.8 Å². The van der Waals surface area contributed by atoms with E-state index in [0.29, 0.717) is 15.6 Å². The fourth-order valence-corrected chi connectivity index (χ4v) is 5.05. The van der Waals surface area contributed by atoms with Gasteiger partial charge in [0, 0.05) is 10.5 Å². The van der Waals surface area contributed by atoms with Crippen LogP contribution in [0.4, 0.5) is 0 Å². The lowest BCUT2D eigenvalue weighted by atomic mass is 10.0. The average Bonchev–Trinajstić information content (AvgIpc) is 2.77. The zero-order chi connectivity index (χ0) is 17.9. The highest BCUT2D eigenvalue weighted by Gasteiger charge is 2.45. The smallest absolute Gasteiger partial charge is 0.362 e. The van der Waals surface area contributed by atoms with Crippen molar-refractivity contribution < 1.29 is 33.0 Å². The molecule has 0 spiro atoms. The largest absolute Gasteiger partial charge is 0.478 e. The number of benzene rings is 1. The third-order valence-electron chi connectivity index (χ3n) is 3.30. The van der Waals surface area contributed by atoms with Crippen LogP contribution in [0.5, 0.6) is 0 Å². The molecule has 0 saturated heterocycles. The minimum Gasteiger partial charge on any atom is -0.478 e. The normalized spacial score (nSPS) is 22.5. The molecule has 1 aromatic rings. The van der Waals surface area contributed by atoms with E-state index in [1.807, 2.05) is 0 Å². The van der Waals surface area contributed by atoms with E-state index < -0.39 is 25.6 Å². The zero-order valence-corrected chi connectivity index (χ0v) is 15.5. The van der Waals surface area contributed by atoms with Crippen molar-refractivity contribution in [3.8, 4) is 0 Å². The zero-order valence-electron chi connectivity index (χ0n) is 13.0. The van der Waals surface area contributed by atoms with Gasteiger partial charge >= 0.3 is 19.5 Å². The van der Waals surface area contributed by atoms with Gasteiger partial charge in [-0.15, -0.1) is 0 Å². The van der Waals surface area contributed by atoms with Crippen molar-refractivity contribution in [2.45, 2.75) is 19.4 Å². The number of methoxy groups -OCH3 is 1. The van der Waals surface area contributed by atoms with E-state index in [0.717, 1.165) is 6.08 Å². The summed E-state index contributed by atoms with van der Waals surface area (Å²) in [5.74, 6) is -1.65. The van der Waals surface area contributed by atoms with Gasteiger partial charge in [0.1, 0.15) is 6.10 Å². The molecule has 1 aromatic carbocycles. The highest BCUT2D eigenvalue weighted by Crippen LogP contribution is 2.59. The second kappa shape index (κ2) is 7.61. The average molecular weight is 419 g/mol. The van der Waals surface area contributed by atoms with Gasteiger partial charge in [0.15, 0.2) is 0 Å². The monoisotopic (exact) mass is 418 g/mol. The Balaban J connectivity index is 2.59. The number of carboxylic acid groups (broad SMARTS) is 1. The van der Waals surface area contributed by atoms with Gasteiger partial charge in [0.2, 0.25) is 0 Å². The molecule has 1 N–H and O–H groups in total. The van der Waals surface area contributed by atoms with Gasteiger partial charge in [-0.1, -0.05) is 15.9 Å². The number of hydrogen-bond acceptors (Lipinski definition) is 6. The van der Waals surface area contributed by atoms with Crippen LogP contribution in [0.25, 0.3) is 6.08 Å². The van der Waals surface area contributed by atoms with Crippen LogP contribution < -0.4 is 5.30 Å². The molecule has 1 aliphatic heterocycles. The molecular weight excluding hydrogens is 403 g/mol. The Bertz CT molecular complexity index is 744. The Labute approximate surface area is 147 Å². The lowest BCUT2D eigenvalue weighted by Crippen LogP contribution is -2.12. The molecule has 24 heavy (non-hydrogen) atoms. The predicted molar refractivity (Wildman–Crippen MR) is 90.1 cm³/mol. The van der Waals surface area contributed by atoms with E-state index >= 15 is 0 Å². The van der Waals surface area contributed by atoms with Crippen LogP contribution in [0, 0.1) is 0 Å². The standard InChI is InChI=1S/C15H16BrO7P/c1-3-22-24(20)15-9(4-5-13(17)18)6-10(16)7-11(15)12(23-24)8-14(19)21-2/h4-7,12H,3,8H2,1-2H3,(H,17,18). The molecule has 2 unspecified atom stereocenters. The van der Waals surface area contributed by atoms with Gasteiger partial charge in [-0.2, -0.15) is 0 Å². The van der Waals surface area contributed by atoms with E-state index in [4.69, 9.17) is 14.2 Å². The van der Waals surface area contributed by atoms with Crippen LogP contribution in [-0.4, -0.2) is 30.8 Å². The van der Waals surface area contributed by atoms with E-state index in [1.54, 1.807) is 19.1 Å². The Morgan fingerprint density at radius 1 is 1.46 bits per heavy atom. The summed E-state index contributed by atoms with van der Waals surface area (Å²) in [6.45, 7) is 1.81. The van der Waals surface area contributed by atoms with Crippen molar-refractivity contribution in [3.63, 3.8) is 0 Å². The van der Waals surface area contributed by atoms with Gasteiger partial charge in [0.25, 0.3) is 0 Å². The summed E-state index contributed by atoms with van der Waals surface area (Å²) in [4.78, 5) is 22.4. The van der Waals surface area contributed by atoms with Gasteiger partial charge in [-0.05, 0) is 36.3 Å². The number of ether oxygens (including phenoxy) is 1. The summed E-state index contributed by atoms with van der Waals surface area (Å²) in [5, 5.41) is 9.11. The van der Waals surface area contributed by atoms with Gasteiger partial charge in [-0.3, -0.25) is 13.9 Å². The number of aliphatic carboxylic acids is 1. The molecule has 0 saturated carbocycles. The van der Waals surface area contributed by atoms with Gasteiger partial charge in [0.05, 0.1) is 25.4 Å². The van der Waals surface area contributed by atoms with Crippen molar-refractivity contribution in [1.29, 1.82) is 0 Å². The molecule has 2 atom stereocenters. The number of fused-ring (bicyclic) bond motifs is 1. The summed E-state index contributed by atoms with van der Waals surface area (Å²) in [6, 6.07) is 3.30. The fraction of sp³-hybridized carbons (Fsp3) is 0.333. The first-order valence-electron chi connectivity index (χ1n) is 7.05. The maximum absolute atomic E-state index is 13.1. The fourth-order valence-electron chi connectivity index (χ4n) is 2.42. The maximum Gasteiger partial charge on any atom is 0.362 e. The molecule has 0 radical (unpaired) electrons. The highest BCUT2D eigenvalue weighted by atomic mass is 79.9. The van der Waals surface area contributed by atoms with Crippen LogP contribution in [0.2, 0.25) is 0 Å².